The Hall–Kier alpha value is -1.62. The van der Waals surface area contributed by atoms with Crippen LogP contribution < -0.4 is 0 Å². The number of carbonyl (C=O) groups is 2. The molecule has 2 rings (SSSR count). The van der Waals surface area contributed by atoms with E-state index in [0.717, 1.165) is 25.9 Å². The summed E-state index contributed by atoms with van der Waals surface area (Å²) in [6.45, 7) is 6.27. The van der Waals surface area contributed by atoms with Gasteiger partial charge in [-0.1, -0.05) is 6.92 Å². The number of likely N-dealkylation sites (tertiary alicyclic amines) is 1. The summed E-state index contributed by atoms with van der Waals surface area (Å²) in [5.41, 5.74) is 0.673. The first-order chi connectivity index (χ1) is 9.02. The molecule has 19 heavy (non-hydrogen) atoms. The van der Waals surface area contributed by atoms with Crippen molar-refractivity contribution in [2.75, 3.05) is 13.1 Å². The molecule has 0 spiro atoms. The summed E-state index contributed by atoms with van der Waals surface area (Å²) in [7, 11) is 0. The van der Waals surface area contributed by atoms with Gasteiger partial charge in [-0.3, -0.25) is 9.69 Å². The van der Waals surface area contributed by atoms with E-state index in [4.69, 9.17) is 0 Å². The molecule has 0 bridgehead atoms. The number of aromatic nitrogens is 1. The molecule has 1 unspecified atom stereocenters. The van der Waals surface area contributed by atoms with Crippen LogP contribution in [0.25, 0.3) is 0 Å². The van der Waals surface area contributed by atoms with Crippen molar-refractivity contribution in [3.8, 4) is 0 Å². The zero-order chi connectivity index (χ0) is 14.0. The maximum absolute atomic E-state index is 11.4. The quantitative estimate of drug-likeness (QED) is 0.825. The number of ketones is 1. The predicted octanol–water partition coefficient (Wildman–Crippen LogP) is 1.87. The van der Waals surface area contributed by atoms with Crippen LogP contribution in [0, 0.1) is 0 Å². The highest BCUT2D eigenvalue weighted by atomic mass is 16.4. The maximum atomic E-state index is 11.4. The number of carboxylic acids is 1. The summed E-state index contributed by atoms with van der Waals surface area (Å²) in [4.78, 5) is 25.0. The summed E-state index contributed by atoms with van der Waals surface area (Å²) in [6, 6.07) is 1.84. The molecule has 5 heteroatoms. The smallest absolute Gasteiger partial charge is 0.352 e. The average molecular weight is 264 g/mol. The number of carboxylic acid groups (broad SMARTS) is 1. The normalized spacial score (nSPS) is 19.8. The van der Waals surface area contributed by atoms with Gasteiger partial charge in [0, 0.05) is 24.3 Å². The fraction of sp³-hybridized carbons (Fsp3) is 0.571. The molecule has 0 aromatic carbocycles. The van der Waals surface area contributed by atoms with Crippen molar-refractivity contribution < 1.29 is 14.7 Å². The van der Waals surface area contributed by atoms with E-state index in [1.807, 2.05) is 0 Å². The Morgan fingerprint density at radius 1 is 1.47 bits per heavy atom. The summed E-state index contributed by atoms with van der Waals surface area (Å²) in [5.74, 6) is -1.08. The molecule has 1 aromatic heterocycles. The van der Waals surface area contributed by atoms with Crippen molar-refractivity contribution in [3.63, 3.8) is 0 Å². The van der Waals surface area contributed by atoms with Gasteiger partial charge in [-0.15, -0.1) is 0 Å². The van der Waals surface area contributed by atoms with Gasteiger partial charge in [0.2, 0.25) is 0 Å². The van der Waals surface area contributed by atoms with Gasteiger partial charge in [0.1, 0.15) is 5.69 Å². The fourth-order valence-corrected chi connectivity index (χ4v) is 2.78. The summed E-state index contributed by atoms with van der Waals surface area (Å²) >= 11 is 0. The Morgan fingerprint density at radius 3 is 2.79 bits per heavy atom. The molecule has 2 heterocycles. The highest BCUT2D eigenvalue weighted by Gasteiger charge is 2.25. The van der Waals surface area contributed by atoms with Gasteiger partial charge in [0.25, 0.3) is 0 Å². The Morgan fingerprint density at radius 2 is 2.21 bits per heavy atom. The first-order valence-corrected chi connectivity index (χ1v) is 6.71. The molecular formula is C14H20N2O3. The molecule has 1 aliphatic heterocycles. The van der Waals surface area contributed by atoms with Crippen molar-refractivity contribution >= 4 is 11.8 Å². The van der Waals surface area contributed by atoms with E-state index in [1.54, 1.807) is 10.8 Å². The third-order valence-electron chi connectivity index (χ3n) is 3.83. The van der Waals surface area contributed by atoms with E-state index < -0.39 is 5.97 Å². The molecule has 0 radical (unpaired) electrons. The molecule has 1 saturated heterocycles. The molecule has 0 aliphatic carbocycles. The van der Waals surface area contributed by atoms with Crippen molar-refractivity contribution in [2.45, 2.75) is 39.3 Å². The van der Waals surface area contributed by atoms with Gasteiger partial charge in [0.15, 0.2) is 5.78 Å². The minimum Gasteiger partial charge on any atom is -0.477 e. The molecule has 1 fully saturated rings. The lowest BCUT2D eigenvalue weighted by Crippen LogP contribution is -2.33. The number of nitrogens with zero attached hydrogens (tertiary/aromatic N) is 2. The van der Waals surface area contributed by atoms with Gasteiger partial charge in [0.05, 0.1) is 0 Å². The standard InChI is InChI=1S/C14H20N2O3/c1-3-15-6-4-5-12(15)9-16-8-11(10(2)17)7-13(16)14(18)19/h7-8,12H,3-6,9H2,1-2H3,(H,18,19). The van der Waals surface area contributed by atoms with E-state index in [1.165, 1.54) is 13.0 Å². The van der Waals surface area contributed by atoms with Crippen LogP contribution in [0.5, 0.6) is 0 Å². The number of aromatic carboxylic acids is 1. The van der Waals surface area contributed by atoms with Crippen LogP contribution >= 0.6 is 0 Å². The molecule has 1 atom stereocenters. The maximum Gasteiger partial charge on any atom is 0.352 e. The largest absolute Gasteiger partial charge is 0.477 e. The number of rotatable bonds is 5. The van der Waals surface area contributed by atoms with Crippen LogP contribution in [0.1, 0.15) is 47.5 Å². The summed E-state index contributed by atoms with van der Waals surface area (Å²) in [5, 5.41) is 9.21. The van der Waals surface area contributed by atoms with Crippen molar-refractivity contribution in [1.82, 2.24) is 9.47 Å². The molecule has 0 saturated carbocycles. The van der Waals surface area contributed by atoms with Crippen LogP contribution in [-0.2, 0) is 6.54 Å². The lowest BCUT2D eigenvalue weighted by Gasteiger charge is -2.23. The highest BCUT2D eigenvalue weighted by Crippen LogP contribution is 2.20. The van der Waals surface area contributed by atoms with Gasteiger partial charge in [-0.05, 0) is 38.9 Å². The molecular weight excluding hydrogens is 244 g/mol. The molecule has 0 amide bonds. The molecule has 1 N–H and O–H groups in total. The van der Waals surface area contributed by atoms with Gasteiger partial charge in [-0.2, -0.15) is 0 Å². The van der Waals surface area contributed by atoms with Crippen LogP contribution in [0.2, 0.25) is 0 Å². The van der Waals surface area contributed by atoms with Gasteiger partial charge >= 0.3 is 5.97 Å². The number of hydrogen-bond acceptors (Lipinski definition) is 3. The number of hydrogen-bond donors (Lipinski definition) is 1. The lowest BCUT2D eigenvalue weighted by atomic mass is 10.2. The van der Waals surface area contributed by atoms with E-state index in [2.05, 4.69) is 11.8 Å². The average Bonchev–Trinajstić information content (AvgIpc) is 2.95. The van der Waals surface area contributed by atoms with Gasteiger partial charge < -0.3 is 9.67 Å². The number of Topliss-reactive ketones (excluding diaryl/α,β-unsaturated/α-hetero) is 1. The Balaban J connectivity index is 2.23. The number of likely N-dealkylation sites (N-methyl/N-ethyl adjacent to an activating group) is 1. The van der Waals surface area contributed by atoms with E-state index in [9.17, 15) is 14.7 Å². The molecule has 1 aromatic rings. The molecule has 1 aliphatic rings. The first kappa shape index (κ1) is 13.8. The summed E-state index contributed by atoms with van der Waals surface area (Å²) < 4.78 is 1.71. The van der Waals surface area contributed by atoms with Crippen LogP contribution in [0.3, 0.4) is 0 Å². The Bertz CT molecular complexity index is 493. The Labute approximate surface area is 112 Å². The van der Waals surface area contributed by atoms with E-state index in [0.29, 0.717) is 18.2 Å². The zero-order valence-corrected chi connectivity index (χ0v) is 11.4. The predicted molar refractivity (Wildman–Crippen MR) is 71.7 cm³/mol. The van der Waals surface area contributed by atoms with Crippen molar-refractivity contribution in [1.29, 1.82) is 0 Å². The van der Waals surface area contributed by atoms with E-state index in [-0.39, 0.29) is 11.5 Å². The second kappa shape index (κ2) is 5.57. The highest BCUT2D eigenvalue weighted by molar-refractivity contribution is 5.97. The Kier molecular flexibility index (Phi) is 4.04. The zero-order valence-electron chi connectivity index (χ0n) is 11.4. The second-order valence-corrected chi connectivity index (χ2v) is 5.05. The van der Waals surface area contributed by atoms with Crippen molar-refractivity contribution in [3.05, 3.63) is 23.5 Å². The van der Waals surface area contributed by atoms with E-state index >= 15 is 0 Å². The molecule has 5 nitrogen and oxygen atoms in total. The molecule has 104 valence electrons. The second-order valence-electron chi connectivity index (χ2n) is 5.05. The van der Waals surface area contributed by atoms with Crippen LogP contribution in [0.4, 0.5) is 0 Å². The minimum atomic E-state index is -0.978. The number of carbonyl (C=O) groups excluding carboxylic acids is 1. The SMILES string of the molecule is CCN1CCCC1Cn1cc(C(C)=O)cc1C(=O)O. The summed E-state index contributed by atoms with van der Waals surface area (Å²) in [6.07, 6.45) is 3.90. The minimum absolute atomic E-state index is 0.0972. The van der Waals surface area contributed by atoms with Crippen LogP contribution in [0.15, 0.2) is 12.3 Å². The van der Waals surface area contributed by atoms with Gasteiger partial charge in [-0.25, -0.2) is 4.79 Å². The monoisotopic (exact) mass is 264 g/mol. The lowest BCUT2D eigenvalue weighted by molar-refractivity contribution is 0.0683. The van der Waals surface area contributed by atoms with Crippen LogP contribution in [-0.4, -0.2) is 45.5 Å². The fourth-order valence-electron chi connectivity index (χ4n) is 2.78. The topological polar surface area (TPSA) is 62.5 Å². The third-order valence-corrected chi connectivity index (χ3v) is 3.83. The third kappa shape index (κ3) is 2.87. The first-order valence-electron chi connectivity index (χ1n) is 6.71. The van der Waals surface area contributed by atoms with Crippen molar-refractivity contribution in [2.24, 2.45) is 0 Å².